The number of carbonyl (C=O) groups excluding carboxylic acids is 1. The van der Waals surface area contributed by atoms with Crippen molar-refractivity contribution in [2.75, 3.05) is 13.2 Å². The first-order valence-corrected chi connectivity index (χ1v) is 10.2. The SMILES string of the molecule is CCCCOc1c2c(c(=O)n(CC(C)(C)C)c1CN)C=CC(OCCC)C2=O. The van der Waals surface area contributed by atoms with Gasteiger partial charge in [-0.3, -0.25) is 9.59 Å². The summed E-state index contributed by atoms with van der Waals surface area (Å²) in [5.41, 5.74) is 6.97. The predicted molar refractivity (Wildman–Crippen MR) is 112 cm³/mol. The first kappa shape index (κ1) is 22.4. The van der Waals surface area contributed by atoms with Gasteiger partial charge in [0.2, 0.25) is 0 Å². The van der Waals surface area contributed by atoms with E-state index in [1.807, 2.05) is 6.92 Å². The fourth-order valence-corrected chi connectivity index (χ4v) is 3.27. The third-order valence-electron chi connectivity index (χ3n) is 4.57. The van der Waals surface area contributed by atoms with E-state index in [4.69, 9.17) is 15.2 Å². The van der Waals surface area contributed by atoms with Crippen LogP contribution in [0.25, 0.3) is 6.08 Å². The Labute approximate surface area is 167 Å². The second-order valence-corrected chi connectivity index (χ2v) is 8.44. The topological polar surface area (TPSA) is 83.6 Å². The van der Waals surface area contributed by atoms with E-state index in [0.717, 1.165) is 19.3 Å². The van der Waals surface area contributed by atoms with E-state index in [0.29, 0.717) is 42.3 Å². The molecule has 0 aromatic carbocycles. The second-order valence-electron chi connectivity index (χ2n) is 8.44. The van der Waals surface area contributed by atoms with Crippen LogP contribution < -0.4 is 16.0 Å². The van der Waals surface area contributed by atoms with Crippen LogP contribution in [0.3, 0.4) is 0 Å². The zero-order valence-electron chi connectivity index (χ0n) is 17.8. The lowest BCUT2D eigenvalue weighted by Gasteiger charge is -2.28. The van der Waals surface area contributed by atoms with E-state index in [2.05, 4.69) is 27.7 Å². The molecule has 2 N–H and O–H groups in total. The van der Waals surface area contributed by atoms with Crippen molar-refractivity contribution in [2.45, 2.75) is 73.1 Å². The Morgan fingerprint density at radius 1 is 1.14 bits per heavy atom. The monoisotopic (exact) mass is 390 g/mol. The zero-order chi connectivity index (χ0) is 20.9. The summed E-state index contributed by atoms with van der Waals surface area (Å²) in [6, 6.07) is 0. The summed E-state index contributed by atoms with van der Waals surface area (Å²) in [6.45, 7) is 11.8. The average Bonchev–Trinajstić information content (AvgIpc) is 2.63. The molecule has 0 radical (unpaired) electrons. The van der Waals surface area contributed by atoms with Crippen LogP contribution in [0.2, 0.25) is 0 Å². The number of ketones is 1. The van der Waals surface area contributed by atoms with Gasteiger partial charge in [-0.1, -0.05) is 41.0 Å². The van der Waals surface area contributed by atoms with E-state index in [1.165, 1.54) is 0 Å². The molecule has 1 aromatic heterocycles. The summed E-state index contributed by atoms with van der Waals surface area (Å²) in [5.74, 6) is 0.210. The summed E-state index contributed by atoms with van der Waals surface area (Å²) >= 11 is 0. The minimum Gasteiger partial charge on any atom is -0.491 e. The lowest BCUT2D eigenvalue weighted by atomic mass is 9.91. The van der Waals surface area contributed by atoms with Crippen molar-refractivity contribution >= 4 is 11.9 Å². The van der Waals surface area contributed by atoms with E-state index in [9.17, 15) is 9.59 Å². The third kappa shape index (κ3) is 4.92. The molecule has 6 nitrogen and oxygen atoms in total. The number of fused-ring (bicyclic) bond motifs is 1. The molecule has 0 spiro atoms. The summed E-state index contributed by atoms with van der Waals surface area (Å²) < 4.78 is 13.4. The highest BCUT2D eigenvalue weighted by Crippen LogP contribution is 2.32. The van der Waals surface area contributed by atoms with E-state index in [1.54, 1.807) is 16.7 Å². The molecule has 2 rings (SSSR count). The molecule has 1 unspecified atom stereocenters. The van der Waals surface area contributed by atoms with Gasteiger partial charge in [0.05, 0.1) is 23.4 Å². The largest absolute Gasteiger partial charge is 0.491 e. The number of unbranched alkanes of at least 4 members (excludes halogenated alkanes) is 1. The maximum Gasteiger partial charge on any atom is 0.259 e. The van der Waals surface area contributed by atoms with Gasteiger partial charge in [-0.2, -0.15) is 0 Å². The van der Waals surface area contributed by atoms with Crippen molar-refractivity contribution in [3.05, 3.63) is 33.3 Å². The number of carbonyl (C=O) groups is 1. The molecule has 0 fully saturated rings. The van der Waals surface area contributed by atoms with Gasteiger partial charge in [-0.05, 0) is 30.4 Å². The summed E-state index contributed by atoms with van der Waals surface area (Å²) in [5, 5.41) is 0. The molecule has 0 saturated heterocycles. The van der Waals surface area contributed by atoms with Crippen LogP contribution in [-0.4, -0.2) is 29.7 Å². The van der Waals surface area contributed by atoms with Gasteiger partial charge >= 0.3 is 0 Å². The van der Waals surface area contributed by atoms with Gasteiger partial charge in [-0.25, -0.2) is 0 Å². The number of nitrogens with two attached hydrogens (primary N) is 1. The standard InChI is InChI=1S/C22H34N2O4/c1-6-8-12-28-20-16(13-23)24(14-22(3,4)5)21(26)15-9-10-17(27-11-7-2)19(25)18(15)20/h9-10,17H,6-8,11-14,23H2,1-5H3. The second kappa shape index (κ2) is 9.52. The maximum absolute atomic E-state index is 13.2. The lowest BCUT2D eigenvalue weighted by molar-refractivity contribution is 0.0563. The van der Waals surface area contributed by atoms with Gasteiger partial charge in [0.25, 0.3) is 5.56 Å². The molecule has 1 heterocycles. The molecule has 0 amide bonds. The number of nitrogens with zero attached hydrogens (tertiary/aromatic N) is 1. The van der Waals surface area contributed by atoms with Gasteiger partial charge < -0.3 is 19.8 Å². The molecule has 0 saturated carbocycles. The van der Waals surface area contributed by atoms with Crippen molar-refractivity contribution in [3.63, 3.8) is 0 Å². The highest BCUT2D eigenvalue weighted by molar-refractivity contribution is 6.08. The molecule has 1 aliphatic rings. The van der Waals surface area contributed by atoms with Crippen LogP contribution in [0.4, 0.5) is 0 Å². The number of hydrogen-bond acceptors (Lipinski definition) is 5. The fraction of sp³-hybridized carbons (Fsp3) is 0.636. The highest BCUT2D eigenvalue weighted by atomic mass is 16.5. The first-order chi connectivity index (χ1) is 13.2. The van der Waals surface area contributed by atoms with Crippen LogP contribution in [-0.2, 0) is 17.8 Å². The lowest BCUT2D eigenvalue weighted by Crippen LogP contribution is -2.37. The predicted octanol–water partition coefficient (Wildman–Crippen LogP) is 3.54. The Bertz CT molecular complexity index is 787. The van der Waals surface area contributed by atoms with Crippen LogP contribution in [0.1, 0.15) is 75.5 Å². The molecule has 28 heavy (non-hydrogen) atoms. The molecule has 1 aromatic rings. The molecule has 0 aliphatic heterocycles. The number of ether oxygens (including phenoxy) is 2. The average molecular weight is 391 g/mol. The van der Waals surface area contributed by atoms with Crippen LogP contribution in [0, 0.1) is 5.41 Å². The number of aromatic nitrogens is 1. The van der Waals surface area contributed by atoms with Gasteiger partial charge in [0.15, 0.2) is 11.5 Å². The van der Waals surface area contributed by atoms with Crippen molar-refractivity contribution in [1.82, 2.24) is 4.57 Å². The number of Topliss-reactive ketones (excluding diaryl/α,β-unsaturated/α-hetero) is 1. The van der Waals surface area contributed by atoms with Crippen molar-refractivity contribution in [2.24, 2.45) is 11.1 Å². The third-order valence-corrected chi connectivity index (χ3v) is 4.57. The summed E-state index contributed by atoms with van der Waals surface area (Å²) in [7, 11) is 0. The fourth-order valence-electron chi connectivity index (χ4n) is 3.27. The van der Waals surface area contributed by atoms with Crippen LogP contribution in [0.15, 0.2) is 10.9 Å². The normalized spacial score (nSPS) is 16.4. The van der Waals surface area contributed by atoms with Crippen molar-refractivity contribution < 1.29 is 14.3 Å². The van der Waals surface area contributed by atoms with E-state index in [-0.39, 0.29) is 23.3 Å². The van der Waals surface area contributed by atoms with Gasteiger partial charge in [0.1, 0.15) is 6.10 Å². The van der Waals surface area contributed by atoms with Crippen LogP contribution >= 0.6 is 0 Å². The molecule has 1 atom stereocenters. The Hall–Kier alpha value is -1.92. The molecule has 6 heteroatoms. The maximum atomic E-state index is 13.2. The Balaban J connectivity index is 2.66. The van der Waals surface area contributed by atoms with E-state index < -0.39 is 6.10 Å². The van der Waals surface area contributed by atoms with Crippen LogP contribution in [0.5, 0.6) is 5.75 Å². The molecular formula is C22H34N2O4. The van der Waals surface area contributed by atoms with Gasteiger partial charge in [0, 0.05) is 19.7 Å². The van der Waals surface area contributed by atoms with E-state index >= 15 is 0 Å². The minimum atomic E-state index is -0.690. The quantitative estimate of drug-likeness (QED) is 0.652. The van der Waals surface area contributed by atoms with Gasteiger partial charge in [-0.15, -0.1) is 0 Å². The number of pyridine rings is 1. The van der Waals surface area contributed by atoms with Crippen molar-refractivity contribution in [3.8, 4) is 5.75 Å². The first-order valence-electron chi connectivity index (χ1n) is 10.2. The number of rotatable bonds is 9. The Morgan fingerprint density at radius 2 is 1.86 bits per heavy atom. The molecular weight excluding hydrogens is 356 g/mol. The molecule has 1 aliphatic carbocycles. The minimum absolute atomic E-state index is 0.123. The summed E-state index contributed by atoms with van der Waals surface area (Å²) in [4.78, 5) is 26.4. The smallest absolute Gasteiger partial charge is 0.259 e. The summed E-state index contributed by atoms with van der Waals surface area (Å²) in [6.07, 6.45) is 5.32. The number of hydrogen-bond donors (Lipinski definition) is 1. The Morgan fingerprint density at radius 3 is 2.43 bits per heavy atom. The van der Waals surface area contributed by atoms with Crippen molar-refractivity contribution in [1.29, 1.82) is 0 Å². The zero-order valence-corrected chi connectivity index (χ0v) is 17.8. The highest BCUT2D eigenvalue weighted by Gasteiger charge is 2.33. The Kier molecular flexibility index (Phi) is 7.61. The molecule has 0 bridgehead atoms. The molecule has 156 valence electrons.